The van der Waals surface area contributed by atoms with Gasteiger partial charge in [0.2, 0.25) is 0 Å². The summed E-state index contributed by atoms with van der Waals surface area (Å²) in [5.74, 6) is 1.86. The maximum absolute atomic E-state index is 12.9. The lowest BCUT2D eigenvalue weighted by atomic mass is 9.83. The number of fused-ring (bicyclic) bond motifs is 2. The van der Waals surface area contributed by atoms with Crippen LogP contribution in [0.15, 0.2) is 35.2 Å². The zero-order valence-electron chi connectivity index (χ0n) is 15.0. The summed E-state index contributed by atoms with van der Waals surface area (Å²) < 4.78 is 4.65. The Balaban J connectivity index is 1.50. The highest BCUT2D eigenvalue weighted by atomic mass is 32.2. The standard InChI is InChI=1S/C21H28O3S/c1-24-19(23)11-7-3-6-10-18(22)20-15-12-13-16(14-15)21(20)25-17-8-4-2-5-9-17/h2,4-5,8-9,15-16,20-21H,3,6-7,10-14H2,1H3. The largest absolute Gasteiger partial charge is 0.469 e. The molecule has 2 aliphatic rings. The Morgan fingerprint density at radius 1 is 1.04 bits per heavy atom. The molecule has 0 heterocycles. The van der Waals surface area contributed by atoms with Gasteiger partial charge < -0.3 is 4.74 Å². The van der Waals surface area contributed by atoms with Gasteiger partial charge in [-0.05, 0) is 56.1 Å². The molecule has 2 saturated carbocycles. The van der Waals surface area contributed by atoms with Gasteiger partial charge in [0.1, 0.15) is 5.78 Å². The Hall–Kier alpha value is -1.29. The van der Waals surface area contributed by atoms with Crippen molar-refractivity contribution in [3.05, 3.63) is 30.3 Å². The van der Waals surface area contributed by atoms with Crippen LogP contribution >= 0.6 is 11.8 Å². The number of hydrogen-bond donors (Lipinski definition) is 0. The zero-order chi connectivity index (χ0) is 17.6. The summed E-state index contributed by atoms with van der Waals surface area (Å²) in [6.07, 6.45) is 7.53. The van der Waals surface area contributed by atoms with Crippen molar-refractivity contribution in [2.75, 3.05) is 7.11 Å². The Bertz CT molecular complexity index is 586. The molecular formula is C21H28O3S. The van der Waals surface area contributed by atoms with Gasteiger partial charge >= 0.3 is 5.97 Å². The van der Waals surface area contributed by atoms with E-state index in [1.54, 1.807) is 0 Å². The van der Waals surface area contributed by atoms with E-state index in [0.29, 0.717) is 35.7 Å². The minimum absolute atomic E-state index is 0.154. The minimum atomic E-state index is -0.154. The van der Waals surface area contributed by atoms with Gasteiger partial charge in [0.25, 0.3) is 0 Å². The highest BCUT2D eigenvalue weighted by Crippen LogP contribution is 2.55. The van der Waals surface area contributed by atoms with Crippen LogP contribution in [0.2, 0.25) is 0 Å². The predicted molar refractivity (Wildman–Crippen MR) is 101 cm³/mol. The summed E-state index contributed by atoms with van der Waals surface area (Å²) in [5, 5.41) is 0.462. The van der Waals surface area contributed by atoms with E-state index in [1.807, 2.05) is 17.8 Å². The summed E-state index contributed by atoms with van der Waals surface area (Å²) in [6, 6.07) is 10.5. The average molecular weight is 361 g/mol. The molecule has 3 rings (SSSR count). The average Bonchev–Trinajstić information content (AvgIpc) is 3.23. The molecule has 4 unspecified atom stereocenters. The first-order valence-corrected chi connectivity index (χ1v) is 10.4. The van der Waals surface area contributed by atoms with Crippen molar-refractivity contribution in [2.45, 2.75) is 61.5 Å². The monoisotopic (exact) mass is 360 g/mol. The van der Waals surface area contributed by atoms with Gasteiger partial charge in [-0.3, -0.25) is 9.59 Å². The minimum Gasteiger partial charge on any atom is -0.469 e. The van der Waals surface area contributed by atoms with Crippen LogP contribution in [0.3, 0.4) is 0 Å². The molecular weight excluding hydrogens is 332 g/mol. The number of rotatable bonds is 9. The first-order valence-electron chi connectivity index (χ1n) is 9.50. The zero-order valence-corrected chi connectivity index (χ0v) is 15.8. The molecule has 136 valence electrons. The molecule has 4 atom stereocenters. The molecule has 2 fully saturated rings. The van der Waals surface area contributed by atoms with Gasteiger partial charge in [0.15, 0.2) is 0 Å². The molecule has 0 aliphatic heterocycles. The number of ketones is 1. The maximum atomic E-state index is 12.9. The Kier molecular flexibility index (Phi) is 6.57. The van der Waals surface area contributed by atoms with E-state index in [9.17, 15) is 9.59 Å². The number of Topliss-reactive ketones (excluding diaryl/α,β-unsaturated/α-hetero) is 1. The maximum Gasteiger partial charge on any atom is 0.305 e. The lowest BCUT2D eigenvalue weighted by Crippen LogP contribution is -2.31. The number of methoxy groups -OCH3 is 1. The van der Waals surface area contributed by atoms with Crippen molar-refractivity contribution in [2.24, 2.45) is 17.8 Å². The van der Waals surface area contributed by atoms with Crippen molar-refractivity contribution in [1.29, 1.82) is 0 Å². The van der Waals surface area contributed by atoms with E-state index in [1.165, 1.54) is 31.3 Å². The smallest absolute Gasteiger partial charge is 0.305 e. The molecule has 2 aliphatic carbocycles. The van der Waals surface area contributed by atoms with Gasteiger partial charge in [0.05, 0.1) is 7.11 Å². The molecule has 0 saturated heterocycles. The molecule has 4 heteroatoms. The van der Waals surface area contributed by atoms with Gasteiger partial charge in [-0.2, -0.15) is 0 Å². The third kappa shape index (κ3) is 4.66. The number of carbonyl (C=O) groups excluding carboxylic acids is 2. The van der Waals surface area contributed by atoms with Crippen LogP contribution in [-0.4, -0.2) is 24.1 Å². The van der Waals surface area contributed by atoms with Crippen LogP contribution < -0.4 is 0 Å². The first-order chi connectivity index (χ1) is 12.2. The second-order valence-corrected chi connectivity index (χ2v) is 8.61. The molecule has 0 N–H and O–H groups in total. The van der Waals surface area contributed by atoms with E-state index >= 15 is 0 Å². The number of ether oxygens (including phenoxy) is 1. The topological polar surface area (TPSA) is 43.4 Å². The molecule has 1 aromatic carbocycles. The third-order valence-electron chi connectivity index (χ3n) is 5.76. The second kappa shape index (κ2) is 8.88. The molecule has 3 nitrogen and oxygen atoms in total. The van der Waals surface area contributed by atoms with E-state index in [0.717, 1.165) is 19.3 Å². The van der Waals surface area contributed by atoms with Crippen molar-refractivity contribution < 1.29 is 14.3 Å². The van der Waals surface area contributed by atoms with Crippen LogP contribution in [0.25, 0.3) is 0 Å². The van der Waals surface area contributed by atoms with Gasteiger partial charge in [-0.15, -0.1) is 11.8 Å². The Morgan fingerprint density at radius 2 is 1.76 bits per heavy atom. The van der Waals surface area contributed by atoms with Crippen molar-refractivity contribution >= 4 is 23.5 Å². The number of hydrogen-bond acceptors (Lipinski definition) is 4. The number of unbranched alkanes of at least 4 members (excludes halogenated alkanes) is 2. The third-order valence-corrected chi connectivity index (χ3v) is 7.25. The van der Waals surface area contributed by atoms with E-state index in [2.05, 4.69) is 29.0 Å². The number of thioether (sulfide) groups is 1. The van der Waals surface area contributed by atoms with Gasteiger partial charge in [-0.25, -0.2) is 0 Å². The Labute approximate surface area is 154 Å². The molecule has 1 aromatic rings. The van der Waals surface area contributed by atoms with Crippen molar-refractivity contribution in [3.8, 4) is 0 Å². The molecule has 25 heavy (non-hydrogen) atoms. The molecule has 0 spiro atoms. The highest BCUT2D eigenvalue weighted by Gasteiger charge is 2.50. The summed E-state index contributed by atoms with van der Waals surface area (Å²) in [5.41, 5.74) is 0. The number of benzene rings is 1. The fourth-order valence-corrected chi connectivity index (χ4v) is 6.11. The molecule has 2 bridgehead atoms. The molecule has 0 radical (unpaired) electrons. The fraction of sp³-hybridized carbons (Fsp3) is 0.619. The normalized spacial score (nSPS) is 27.4. The summed E-state index contributed by atoms with van der Waals surface area (Å²) >= 11 is 1.92. The van der Waals surface area contributed by atoms with E-state index in [-0.39, 0.29) is 11.9 Å². The van der Waals surface area contributed by atoms with Gasteiger partial charge in [-0.1, -0.05) is 24.6 Å². The van der Waals surface area contributed by atoms with Crippen LogP contribution in [0.5, 0.6) is 0 Å². The number of carbonyl (C=O) groups is 2. The van der Waals surface area contributed by atoms with E-state index in [4.69, 9.17) is 0 Å². The quantitative estimate of drug-likeness (QED) is 0.465. The summed E-state index contributed by atoms with van der Waals surface area (Å²) in [6.45, 7) is 0. The highest BCUT2D eigenvalue weighted by molar-refractivity contribution is 8.00. The van der Waals surface area contributed by atoms with Crippen LogP contribution in [-0.2, 0) is 14.3 Å². The summed E-state index contributed by atoms with van der Waals surface area (Å²) in [7, 11) is 1.42. The second-order valence-electron chi connectivity index (χ2n) is 7.36. The van der Waals surface area contributed by atoms with Gasteiger partial charge in [0, 0.05) is 28.9 Å². The van der Waals surface area contributed by atoms with Crippen LogP contribution in [0, 0.1) is 17.8 Å². The lowest BCUT2D eigenvalue weighted by molar-refractivity contribution is -0.140. The first kappa shape index (κ1) is 18.5. The lowest BCUT2D eigenvalue weighted by Gasteiger charge is -2.29. The Morgan fingerprint density at radius 3 is 2.52 bits per heavy atom. The van der Waals surface area contributed by atoms with Crippen LogP contribution in [0.4, 0.5) is 0 Å². The molecule has 0 amide bonds. The predicted octanol–water partition coefficient (Wildman–Crippen LogP) is 4.89. The SMILES string of the molecule is COC(=O)CCCCCC(=O)C1C2CCC(C2)C1Sc1ccccc1. The van der Waals surface area contributed by atoms with E-state index < -0.39 is 0 Å². The number of esters is 1. The molecule has 0 aromatic heterocycles. The van der Waals surface area contributed by atoms with Crippen LogP contribution in [0.1, 0.15) is 51.4 Å². The fourth-order valence-electron chi connectivity index (χ4n) is 4.52. The van der Waals surface area contributed by atoms with Crippen molar-refractivity contribution in [3.63, 3.8) is 0 Å². The summed E-state index contributed by atoms with van der Waals surface area (Å²) in [4.78, 5) is 25.3. The van der Waals surface area contributed by atoms with Crippen molar-refractivity contribution in [1.82, 2.24) is 0 Å².